The molecule has 0 saturated carbocycles. The van der Waals surface area contributed by atoms with Crippen molar-refractivity contribution in [3.8, 4) is 5.75 Å². The highest BCUT2D eigenvalue weighted by molar-refractivity contribution is 5.94. The average Bonchev–Trinajstić information content (AvgIpc) is 2.37. The van der Waals surface area contributed by atoms with Gasteiger partial charge in [-0.25, -0.2) is 9.59 Å². The fourth-order valence-corrected chi connectivity index (χ4v) is 1.60. The van der Waals surface area contributed by atoms with Gasteiger partial charge in [0.25, 0.3) is 0 Å². The van der Waals surface area contributed by atoms with Gasteiger partial charge in [-0.3, -0.25) is 0 Å². The standard InChI is InChI=1S/C14H20N2O4/c1-9(2)6-7-15-14(19)16-10-4-5-11(13(17)18)12(8-10)20-3/h4-5,8-9H,6-7H2,1-3H3,(H,17,18)(H2,15,16,19). The number of rotatable bonds is 6. The second kappa shape index (κ2) is 7.37. The number of anilines is 1. The SMILES string of the molecule is COc1cc(NC(=O)NCCC(C)C)ccc1C(=O)O. The summed E-state index contributed by atoms with van der Waals surface area (Å²) in [4.78, 5) is 22.6. The maximum absolute atomic E-state index is 11.6. The van der Waals surface area contributed by atoms with Gasteiger partial charge in [0, 0.05) is 18.3 Å². The molecule has 0 unspecified atom stereocenters. The molecule has 0 saturated heterocycles. The van der Waals surface area contributed by atoms with E-state index in [2.05, 4.69) is 24.5 Å². The Morgan fingerprint density at radius 2 is 2.05 bits per heavy atom. The van der Waals surface area contributed by atoms with Crippen LogP contribution in [0.2, 0.25) is 0 Å². The van der Waals surface area contributed by atoms with Crippen molar-refractivity contribution in [1.82, 2.24) is 5.32 Å². The molecule has 2 amide bonds. The van der Waals surface area contributed by atoms with Gasteiger partial charge in [0.05, 0.1) is 7.11 Å². The summed E-state index contributed by atoms with van der Waals surface area (Å²) in [5.74, 6) is -0.350. The zero-order valence-electron chi connectivity index (χ0n) is 11.9. The lowest BCUT2D eigenvalue weighted by molar-refractivity contribution is 0.0693. The topological polar surface area (TPSA) is 87.7 Å². The van der Waals surface area contributed by atoms with Crippen molar-refractivity contribution in [1.29, 1.82) is 0 Å². The van der Waals surface area contributed by atoms with Gasteiger partial charge < -0.3 is 20.5 Å². The molecule has 0 spiro atoms. The van der Waals surface area contributed by atoms with E-state index < -0.39 is 5.97 Å². The number of benzene rings is 1. The molecule has 0 atom stereocenters. The summed E-state index contributed by atoms with van der Waals surface area (Å²) in [7, 11) is 1.38. The number of carboxylic acids is 1. The molecule has 0 aliphatic heterocycles. The van der Waals surface area contributed by atoms with Crippen LogP contribution in [-0.4, -0.2) is 30.8 Å². The van der Waals surface area contributed by atoms with Gasteiger partial charge in [-0.05, 0) is 24.5 Å². The van der Waals surface area contributed by atoms with Gasteiger partial charge in [0.2, 0.25) is 0 Å². The Morgan fingerprint density at radius 1 is 1.35 bits per heavy atom. The molecular weight excluding hydrogens is 260 g/mol. The number of urea groups is 1. The maximum atomic E-state index is 11.6. The van der Waals surface area contributed by atoms with Crippen molar-refractivity contribution in [2.45, 2.75) is 20.3 Å². The summed E-state index contributed by atoms with van der Waals surface area (Å²) in [5, 5.41) is 14.3. The van der Waals surface area contributed by atoms with Crippen LogP contribution in [0.15, 0.2) is 18.2 Å². The van der Waals surface area contributed by atoms with E-state index in [4.69, 9.17) is 9.84 Å². The van der Waals surface area contributed by atoms with E-state index in [1.165, 1.54) is 25.3 Å². The molecule has 0 fully saturated rings. The number of hydrogen-bond donors (Lipinski definition) is 3. The molecule has 1 aromatic carbocycles. The molecular formula is C14H20N2O4. The summed E-state index contributed by atoms with van der Waals surface area (Å²) in [5.41, 5.74) is 0.534. The lowest BCUT2D eigenvalue weighted by Crippen LogP contribution is -2.30. The van der Waals surface area contributed by atoms with Crippen LogP contribution in [0, 0.1) is 5.92 Å². The summed E-state index contributed by atoms with van der Waals surface area (Å²) in [6.07, 6.45) is 0.898. The van der Waals surface area contributed by atoms with Crippen LogP contribution >= 0.6 is 0 Å². The molecule has 20 heavy (non-hydrogen) atoms. The minimum Gasteiger partial charge on any atom is -0.496 e. The Bertz CT molecular complexity index is 486. The summed E-state index contributed by atoms with van der Waals surface area (Å²) >= 11 is 0. The minimum absolute atomic E-state index is 0.0539. The number of amides is 2. The quantitative estimate of drug-likeness (QED) is 0.747. The zero-order chi connectivity index (χ0) is 15.1. The molecule has 3 N–H and O–H groups in total. The van der Waals surface area contributed by atoms with E-state index >= 15 is 0 Å². The monoisotopic (exact) mass is 280 g/mol. The lowest BCUT2D eigenvalue weighted by atomic mass is 10.1. The summed E-state index contributed by atoms with van der Waals surface area (Å²) < 4.78 is 4.99. The molecule has 1 rings (SSSR count). The number of nitrogens with one attached hydrogen (secondary N) is 2. The Morgan fingerprint density at radius 3 is 2.60 bits per heavy atom. The number of carbonyl (C=O) groups is 2. The van der Waals surface area contributed by atoms with E-state index in [1.807, 2.05) is 0 Å². The second-order valence-corrected chi connectivity index (χ2v) is 4.78. The van der Waals surface area contributed by atoms with Gasteiger partial charge >= 0.3 is 12.0 Å². The van der Waals surface area contributed by atoms with Crippen molar-refractivity contribution in [3.05, 3.63) is 23.8 Å². The highest BCUT2D eigenvalue weighted by Gasteiger charge is 2.12. The predicted molar refractivity (Wildman–Crippen MR) is 76.4 cm³/mol. The van der Waals surface area contributed by atoms with Crippen LogP contribution in [0.25, 0.3) is 0 Å². The van der Waals surface area contributed by atoms with Gasteiger partial charge in [-0.1, -0.05) is 13.8 Å². The number of methoxy groups -OCH3 is 1. The number of carboxylic acid groups (broad SMARTS) is 1. The first-order chi connectivity index (χ1) is 9.43. The normalized spacial score (nSPS) is 10.2. The van der Waals surface area contributed by atoms with Gasteiger partial charge in [-0.2, -0.15) is 0 Å². The third kappa shape index (κ3) is 4.79. The zero-order valence-corrected chi connectivity index (χ0v) is 11.9. The van der Waals surface area contributed by atoms with E-state index in [0.717, 1.165) is 6.42 Å². The largest absolute Gasteiger partial charge is 0.496 e. The van der Waals surface area contributed by atoms with Gasteiger partial charge in [0.1, 0.15) is 11.3 Å². The molecule has 0 radical (unpaired) electrons. The molecule has 0 aromatic heterocycles. The third-order valence-electron chi connectivity index (χ3n) is 2.70. The lowest BCUT2D eigenvalue weighted by Gasteiger charge is -2.11. The Labute approximate surface area is 118 Å². The Balaban J connectivity index is 2.64. The van der Waals surface area contributed by atoms with E-state index in [9.17, 15) is 9.59 Å². The van der Waals surface area contributed by atoms with E-state index in [1.54, 1.807) is 0 Å². The number of ether oxygens (including phenoxy) is 1. The molecule has 0 aliphatic carbocycles. The Hall–Kier alpha value is -2.24. The van der Waals surface area contributed by atoms with Gasteiger partial charge in [0.15, 0.2) is 0 Å². The van der Waals surface area contributed by atoms with Crippen LogP contribution in [0.5, 0.6) is 5.75 Å². The van der Waals surface area contributed by atoms with Crippen LogP contribution < -0.4 is 15.4 Å². The van der Waals surface area contributed by atoms with Crippen LogP contribution in [0.1, 0.15) is 30.6 Å². The van der Waals surface area contributed by atoms with E-state index in [0.29, 0.717) is 18.2 Å². The van der Waals surface area contributed by atoms with Crippen molar-refractivity contribution in [2.24, 2.45) is 5.92 Å². The first-order valence-electron chi connectivity index (χ1n) is 6.40. The maximum Gasteiger partial charge on any atom is 0.339 e. The number of hydrogen-bond acceptors (Lipinski definition) is 3. The summed E-state index contributed by atoms with van der Waals surface area (Å²) in [6, 6.07) is 4.07. The molecule has 0 heterocycles. The molecule has 0 bridgehead atoms. The first kappa shape index (κ1) is 15.8. The second-order valence-electron chi connectivity index (χ2n) is 4.78. The van der Waals surface area contributed by atoms with Crippen LogP contribution in [-0.2, 0) is 0 Å². The van der Waals surface area contributed by atoms with Crippen molar-refractivity contribution in [2.75, 3.05) is 19.0 Å². The van der Waals surface area contributed by atoms with Crippen LogP contribution in [0.4, 0.5) is 10.5 Å². The Kier molecular flexibility index (Phi) is 5.83. The highest BCUT2D eigenvalue weighted by Crippen LogP contribution is 2.23. The molecule has 110 valence electrons. The number of carbonyl (C=O) groups excluding carboxylic acids is 1. The van der Waals surface area contributed by atoms with Gasteiger partial charge in [-0.15, -0.1) is 0 Å². The van der Waals surface area contributed by atoms with Crippen molar-refractivity contribution >= 4 is 17.7 Å². The van der Waals surface area contributed by atoms with Crippen LogP contribution in [0.3, 0.4) is 0 Å². The smallest absolute Gasteiger partial charge is 0.339 e. The van der Waals surface area contributed by atoms with E-state index in [-0.39, 0.29) is 17.3 Å². The fourth-order valence-electron chi connectivity index (χ4n) is 1.60. The highest BCUT2D eigenvalue weighted by atomic mass is 16.5. The minimum atomic E-state index is -1.07. The first-order valence-corrected chi connectivity index (χ1v) is 6.40. The molecule has 6 nitrogen and oxygen atoms in total. The van der Waals surface area contributed by atoms with Crippen molar-refractivity contribution in [3.63, 3.8) is 0 Å². The summed E-state index contributed by atoms with van der Waals surface area (Å²) in [6.45, 7) is 4.75. The average molecular weight is 280 g/mol. The fraction of sp³-hybridized carbons (Fsp3) is 0.429. The molecule has 6 heteroatoms. The predicted octanol–water partition coefficient (Wildman–Crippen LogP) is 2.56. The molecule has 0 aliphatic rings. The third-order valence-corrected chi connectivity index (χ3v) is 2.70. The number of aromatic carboxylic acids is 1. The molecule has 1 aromatic rings. The van der Waals surface area contributed by atoms with Crippen molar-refractivity contribution < 1.29 is 19.4 Å².